The summed E-state index contributed by atoms with van der Waals surface area (Å²) >= 11 is 3.23. The molecule has 2 aromatic heterocycles. The van der Waals surface area contributed by atoms with E-state index < -0.39 is 0 Å². The normalized spacial score (nSPS) is 15.2. The number of benzene rings is 2. The van der Waals surface area contributed by atoms with Crippen LogP contribution in [-0.4, -0.2) is 47.0 Å². The van der Waals surface area contributed by atoms with Gasteiger partial charge in [-0.25, -0.2) is 9.97 Å². The molecule has 1 saturated heterocycles. The number of carbonyl (C=O) groups is 1. The molecule has 4 aromatic rings. The van der Waals surface area contributed by atoms with Crippen molar-refractivity contribution in [3.05, 3.63) is 84.6 Å². The fourth-order valence-electron chi connectivity index (χ4n) is 3.70. The lowest BCUT2D eigenvalue weighted by atomic mass is 10.1. The van der Waals surface area contributed by atoms with Crippen LogP contribution in [-0.2, 0) is 4.79 Å². The second kappa shape index (κ2) is 9.08. The van der Waals surface area contributed by atoms with Gasteiger partial charge in [0.05, 0.1) is 0 Å². The quantitative estimate of drug-likeness (QED) is 0.409. The Morgan fingerprint density at radius 2 is 1.61 bits per heavy atom. The van der Waals surface area contributed by atoms with Gasteiger partial charge < -0.3 is 9.80 Å². The molecule has 7 heteroatoms. The largest absolute Gasteiger partial charge is 0.344 e. The minimum atomic E-state index is -0.248. The van der Waals surface area contributed by atoms with Crippen molar-refractivity contribution in [2.75, 3.05) is 31.1 Å². The monoisotopic (exact) mass is 446 g/mol. The molecule has 1 atom stereocenters. The molecule has 5 nitrogen and oxygen atoms in total. The summed E-state index contributed by atoms with van der Waals surface area (Å²) in [5.74, 6) is 0.172. The fourth-order valence-corrected chi connectivity index (χ4v) is 5.79. The zero-order valence-corrected chi connectivity index (χ0v) is 18.6. The van der Waals surface area contributed by atoms with E-state index in [1.807, 2.05) is 65.6 Å². The molecule has 1 amide bonds. The van der Waals surface area contributed by atoms with Crippen LogP contribution in [0.4, 0.5) is 5.13 Å². The number of anilines is 1. The van der Waals surface area contributed by atoms with Gasteiger partial charge in [-0.05, 0) is 29.8 Å². The molecule has 5 rings (SSSR count). The Hall–Kier alpha value is -2.90. The van der Waals surface area contributed by atoms with Gasteiger partial charge in [0.1, 0.15) is 15.6 Å². The minimum absolute atomic E-state index is 0.172. The van der Waals surface area contributed by atoms with Crippen LogP contribution < -0.4 is 4.90 Å². The molecule has 1 aliphatic heterocycles. The highest BCUT2D eigenvalue weighted by Crippen LogP contribution is 2.37. The molecule has 1 fully saturated rings. The highest BCUT2D eigenvalue weighted by molar-refractivity contribution is 8.00. The highest BCUT2D eigenvalue weighted by atomic mass is 32.2. The van der Waals surface area contributed by atoms with Crippen LogP contribution in [0.15, 0.2) is 83.9 Å². The van der Waals surface area contributed by atoms with Crippen LogP contribution in [0.5, 0.6) is 0 Å². The Bertz CT molecular complexity index is 1120. The van der Waals surface area contributed by atoms with E-state index in [-0.39, 0.29) is 11.2 Å². The van der Waals surface area contributed by atoms with Crippen LogP contribution in [0, 0.1) is 0 Å². The highest BCUT2D eigenvalue weighted by Gasteiger charge is 2.30. The van der Waals surface area contributed by atoms with Gasteiger partial charge in [-0.3, -0.25) is 4.79 Å². The van der Waals surface area contributed by atoms with Crippen molar-refractivity contribution in [2.24, 2.45) is 0 Å². The molecular formula is C24H22N4OS2. The summed E-state index contributed by atoms with van der Waals surface area (Å²) in [6.07, 6.45) is 1.80. The Labute approximate surface area is 189 Å². The average Bonchev–Trinajstić information content (AvgIpc) is 3.28. The van der Waals surface area contributed by atoms with Crippen LogP contribution in [0.3, 0.4) is 0 Å². The molecule has 0 spiro atoms. The van der Waals surface area contributed by atoms with Crippen LogP contribution in [0.2, 0.25) is 0 Å². The maximum absolute atomic E-state index is 13.6. The van der Waals surface area contributed by atoms with E-state index in [0.29, 0.717) is 13.1 Å². The maximum atomic E-state index is 13.6. The molecular weight excluding hydrogens is 424 g/mol. The standard InChI is InChI=1S/C24H22N4OS2/c29-23(21(18-8-3-1-4-9-18)30-19-10-5-2-6-11-19)27-14-16-28(17-15-27)24-26-20-12-7-13-25-22(20)31-24/h1-13,21H,14-17H2. The van der Waals surface area contributed by atoms with Crippen molar-refractivity contribution in [1.82, 2.24) is 14.9 Å². The van der Waals surface area contributed by atoms with E-state index in [4.69, 9.17) is 4.98 Å². The predicted octanol–water partition coefficient (Wildman–Crippen LogP) is 4.87. The molecule has 31 heavy (non-hydrogen) atoms. The van der Waals surface area contributed by atoms with Crippen molar-refractivity contribution < 1.29 is 4.79 Å². The summed E-state index contributed by atoms with van der Waals surface area (Å²) in [6, 6.07) is 24.1. The molecule has 2 aromatic carbocycles. The number of aromatic nitrogens is 2. The molecule has 0 bridgehead atoms. The first-order valence-electron chi connectivity index (χ1n) is 10.3. The topological polar surface area (TPSA) is 49.3 Å². The third-order valence-corrected chi connectivity index (χ3v) is 7.63. The number of hydrogen-bond acceptors (Lipinski definition) is 6. The summed E-state index contributed by atoms with van der Waals surface area (Å²) in [4.78, 5) is 29.0. The lowest BCUT2D eigenvalue weighted by Gasteiger charge is -2.36. The number of amides is 1. The summed E-state index contributed by atoms with van der Waals surface area (Å²) < 4.78 is 0. The molecule has 1 unspecified atom stereocenters. The summed E-state index contributed by atoms with van der Waals surface area (Å²) in [5.41, 5.74) is 1.98. The number of pyridine rings is 1. The van der Waals surface area contributed by atoms with Gasteiger partial charge >= 0.3 is 0 Å². The Balaban J connectivity index is 1.31. The van der Waals surface area contributed by atoms with Crippen LogP contribution >= 0.6 is 23.1 Å². The number of hydrogen-bond donors (Lipinski definition) is 0. The second-order valence-electron chi connectivity index (χ2n) is 7.36. The molecule has 0 radical (unpaired) electrons. The van der Waals surface area contributed by atoms with Gasteiger partial charge in [0.2, 0.25) is 5.91 Å². The van der Waals surface area contributed by atoms with E-state index in [0.717, 1.165) is 39.0 Å². The summed E-state index contributed by atoms with van der Waals surface area (Å²) in [6.45, 7) is 2.95. The van der Waals surface area contributed by atoms with Gasteiger partial charge in [-0.2, -0.15) is 0 Å². The zero-order valence-electron chi connectivity index (χ0n) is 16.9. The maximum Gasteiger partial charge on any atom is 0.240 e. The van der Waals surface area contributed by atoms with Crippen molar-refractivity contribution in [2.45, 2.75) is 10.1 Å². The number of thiazole rings is 1. The first-order valence-corrected chi connectivity index (χ1v) is 12.0. The molecule has 0 N–H and O–H groups in total. The fraction of sp³-hybridized carbons (Fsp3) is 0.208. The second-order valence-corrected chi connectivity index (χ2v) is 9.49. The lowest BCUT2D eigenvalue weighted by molar-refractivity contribution is -0.131. The van der Waals surface area contributed by atoms with Gasteiger partial charge in [0, 0.05) is 37.3 Å². The van der Waals surface area contributed by atoms with E-state index in [1.54, 1.807) is 29.3 Å². The third-order valence-electron chi connectivity index (χ3n) is 5.34. The minimum Gasteiger partial charge on any atom is -0.344 e. The van der Waals surface area contributed by atoms with Gasteiger partial charge in [-0.15, -0.1) is 11.8 Å². The smallest absolute Gasteiger partial charge is 0.240 e. The Morgan fingerprint density at radius 3 is 2.32 bits per heavy atom. The molecule has 0 saturated carbocycles. The van der Waals surface area contributed by atoms with E-state index >= 15 is 0 Å². The van der Waals surface area contributed by atoms with Crippen molar-refractivity contribution in [3.63, 3.8) is 0 Å². The zero-order chi connectivity index (χ0) is 21.0. The lowest BCUT2D eigenvalue weighted by Crippen LogP contribution is -2.49. The van der Waals surface area contributed by atoms with Crippen molar-refractivity contribution >= 4 is 44.5 Å². The number of nitrogens with zero attached hydrogens (tertiary/aromatic N) is 4. The van der Waals surface area contributed by atoms with E-state index in [2.05, 4.69) is 22.0 Å². The van der Waals surface area contributed by atoms with Crippen LogP contribution in [0.25, 0.3) is 10.3 Å². The van der Waals surface area contributed by atoms with Crippen molar-refractivity contribution in [3.8, 4) is 0 Å². The molecule has 1 aliphatic rings. The van der Waals surface area contributed by atoms with E-state index in [1.165, 1.54) is 0 Å². The summed E-state index contributed by atoms with van der Waals surface area (Å²) in [7, 11) is 0. The van der Waals surface area contributed by atoms with Gasteiger partial charge in [-0.1, -0.05) is 59.9 Å². The number of rotatable bonds is 5. The Morgan fingerprint density at radius 1 is 0.903 bits per heavy atom. The number of carbonyl (C=O) groups excluding carboxylic acids is 1. The average molecular weight is 447 g/mol. The Kier molecular flexibility index (Phi) is 5.86. The third kappa shape index (κ3) is 4.43. The first-order chi connectivity index (χ1) is 15.3. The number of fused-ring (bicyclic) bond motifs is 1. The van der Waals surface area contributed by atoms with Gasteiger partial charge in [0.15, 0.2) is 5.13 Å². The van der Waals surface area contributed by atoms with Crippen LogP contribution in [0.1, 0.15) is 10.8 Å². The first kappa shape index (κ1) is 20.0. The molecule has 156 valence electrons. The van der Waals surface area contributed by atoms with Crippen molar-refractivity contribution in [1.29, 1.82) is 0 Å². The number of piperazine rings is 1. The molecule has 0 aliphatic carbocycles. The number of thioether (sulfide) groups is 1. The van der Waals surface area contributed by atoms with E-state index in [9.17, 15) is 4.79 Å². The predicted molar refractivity (Wildman–Crippen MR) is 128 cm³/mol. The SMILES string of the molecule is O=C(C(Sc1ccccc1)c1ccccc1)N1CCN(c2nc3cccnc3s2)CC1. The summed E-state index contributed by atoms with van der Waals surface area (Å²) in [5, 5.41) is 0.737. The molecule has 3 heterocycles. The van der Waals surface area contributed by atoms with Gasteiger partial charge in [0.25, 0.3) is 0 Å².